The number of hydrogen-bond donors (Lipinski definition) is 1. The fourth-order valence-electron chi connectivity index (χ4n) is 1.90. The number of anilines is 1. The van der Waals surface area contributed by atoms with Crippen LogP contribution in [0, 0.1) is 3.57 Å². The van der Waals surface area contributed by atoms with E-state index in [0.29, 0.717) is 22.6 Å². The number of hydrogen-bond acceptors (Lipinski definition) is 3. The van der Waals surface area contributed by atoms with Gasteiger partial charge in [0.25, 0.3) is 0 Å². The summed E-state index contributed by atoms with van der Waals surface area (Å²) in [6.45, 7) is 0. The Bertz CT molecular complexity index is 659. The van der Waals surface area contributed by atoms with Crippen molar-refractivity contribution in [2.45, 2.75) is 18.8 Å². The first-order valence-corrected chi connectivity index (χ1v) is 8.09. The predicted molar refractivity (Wildman–Crippen MR) is 89.3 cm³/mol. The molecule has 6 heteroatoms. The number of halogens is 3. The summed E-state index contributed by atoms with van der Waals surface area (Å²) in [4.78, 5) is 9.07. The monoisotopic (exact) mass is 449 g/mol. The fraction of sp³-hybridized carbons (Fsp3) is 0.231. The summed E-state index contributed by atoms with van der Waals surface area (Å²) in [5.74, 6) is 1.71. The maximum atomic E-state index is 6.04. The molecule has 19 heavy (non-hydrogen) atoms. The van der Waals surface area contributed by atoms with Gasteiger partial charge in [0.15, 0.2) is 5.82 Å². The molecule has 1 heterocycles. The van der Waals surface area contributed by atoms with Crippen molar-refractivity contribution in [2.75, 3.05) is 5.73 Å². The molecule has 0 spiro atoms. The highest BCUT2D eigenvalue weighted by Gasteiger charge is 2.29. The molecule has 0 bridgehead atoms. The third kappa shape index (κ3) is 2.73. The van der Waals surface area contributed by atoms with Gasteiger partial charge in [0.1, 0.15) is 5.82 Å². The summed E-state index contributed by atoms with van der Waals surface area (Å²) >= 11 is 11.8. The lowest BCUT2D eigenvalue weighted by Crippen LogP contribution is -2.04. The van der Waals surface area contributed by atoms with Crippen molar-refractivity contribution in [3.63, 3.8) is 0 Å². The first-order chi connectivity index (χ1) is 9.06. The molecule has 0 radical (unpaired) electrons. The van der Waals surface area contributed by atoms with Crippen molar-refractivity contribution in [1.29, 1.82) is 0 Å². The minimum absolute atomic E-state index is 0.536. The molecule has 3 nitrogen and oxygen atoms in total. The minimum Gasteiger partial charge on any atom is -0.383 e. The normalized spacial score (nSPS) is 14.7. The van der Waals surface area contributed by atoms with Crippen LogP contribution in [-0.2, 0) is 0 Å². The van der Waals surface area contributed by atoms with Crippen LogP contribution in [0.15, 0.2) is 22.7 Å². The van der Waals surface area contributed by atoms with Gasteiger partial charge in [-0.3, -0.25) is 0 Å². The number of nitrogens with two attached hydrogens (primary N) is 1. The number of nitrogen functional groups attached to an aromatic ring is 1. The zero-order valence-corrected chi connectivity index (χ0v) is 14.3. The van der Waals surface area contributed by atoms with Crippen molar-refractivity contribution in [3.05, 3.63) is 37.0 Å². The molecule has 2 N–H and O–H groups in total. The fourth-order valence-corrected chi connectivity index (χ4v) is 3.18. The Kier molecular flexibility index (Phi) is 3.70. The first kappa shape index (κ1) is 13.6. The number of benzene rings is 1. The van der Waals surface area contributed by atoms with E-state index in [-0.39, 0.29) is 0 Å². The molecule has 1 aromatic carbocycles. The molecular weight excluding hydrogens is 440 g/mol. The SMILES string of the molecule is Nc1nc(-c2cc(Cl)ccc2Br)nc(C2CC2)c1I. The van der Waals surface area contributed by atoms with E-state index in [1.807, 2.05) is 18.2 Å². The van der Waals surface area contributed by atoms with Crippen LogP contribution in [0.4, 0.5) is 5.82 Å². The molecule has 0 aliphatic heterocycles. The minimum atomic E-state index is 0.536. The molecule has 98 valence electrons. The van der Waals surface area contributed by atoms with Gasteiger partial charge in [-0.2, -0.15) is 0 Å². The lowest BCUT2D eigenvalue weighted by molar-refractivity contribution is 0.982. The molecule has 1 fully saturated rings. The average Bonchev–Trinajstić information content (AvgIpc) is 3.20. The number of aromatic nitrogens is 2. The topological polar surface area (TPSA) is 51.8 Å². The summed E-state index contributed by atoms with van der Waals surface area (Å²) in [5, 5.41) is 0.659. The van der Waals surface area contributed by atoms with Crippen LogP contribution in [0.2, 0.25) is 5.02 Å². The zero-order valence-electron chi connectivity index (χ0n) is 9.83. The van der Waals surface area contributed by atoms with Crippen LogP contribution >= 0.6 is 50.1 Å². The molecule has 0 unspecified atom stereocenters. The molecule has 1 aliphatic carbocycles. The highest BCUT2D eigenvalue weighted by molar-refractivity contribution is 14.1. The van der Waals surface area contributed by atoms with E-state index in [9.17, 15) is 0 Å². The predicted octanol–water partition coefficient (Wildman–Crippen LogP) is 4.62. The molecule has 2 aromatic rings. The Morgan fingerprint density at radius 2 is 2.05 bits per heavy atom. The third-order valence-corrected chi connectivity index (χ3v) is 5.07. The molecule has 0 atom stereocenters. The smallest absolute Gasteiger partial charge is 0.163 e. The third-order valence-electron chi connectivity index (χ3n) is 3.04. The Morgan fingerprint density at radius 1 is 1.32 bits per heavy atom. The van der Waals surface area contributed by atoms with Crippen molar-refractivity contribution in [1.82, 2.24) is 9.97 Å². The van der Waals surface area contributed by atoms with E-state index in [4.69, 9.17) is 17.3 Å². The summed E-state index contributed by atoms with van der Waals surface area (Å²) < 4.78 is 1.89. The van der Waals surface area contributed by atoms with Gasteiger partial charge in [-0.1, -0.05) is 27.5 Å². The summed E-state index contributed by atoms with van der Waals surface area (Å²) in [5.41, 5.74) is 7.94. The van der Waals surface area contributed by atoms with E-state index in [2.05, 4.69) is 48.5 Å². The van der Waals surface area contributed by atoms with E-state index in [0.717, 1.165) is 19.3 Å². The van der Waals surface area contributed by atoms with E-state index >= 15 is 0 Å². The van der Waals surface area contributed by atoms with Crippen molar-refractivity contribution < 1.29 is 0 Å². The maximum absolute atomic E-state index is 6.04. The first-order valence-electron chi connectivity index (χ1n) is 5.84. The summed E-state index contributed by atoms with van der Waals surface area (Å²) in [7, 11) is 0. The largest absolute Gasteiger partial charge is 0.383 e. The van der Waals surface area contributed by atoms with Crippen LogP contribution < -0.4 is 5.73 Å². The van der Waals surface area contributed by atoms with Crippen molar-refractivity contribution >= 4 is 55.9 Å². The average molecular weight is 451 g/mol. The van der Waals surface area contributed by atoms with E-state index < -0.39 is 0 Å². The molecule has 3 rings (SSSR count). The Labute approximate surface area is 138 Å². The molecule has 0 amide bonds. The summed E-state index contributed by atoms with van der Waals surface area (Å²) in [6, 6.07) is 5.57. The highest BCUT2D eigenvalue weighted by Crippen LogP contribution is 2.43. The molecule has 1 saturated carbocycles. The molecule has 0 saturated heterocycles. The van der Waals surface area contributed by atoms with Gasteiger partial charge in [0, 0.05) is 21.0 Å². The van der Waals surface area contributed by atoms with Gasteiger partial charge < -0.3 is 5.73 Å². The van der Waals surface area contributed by atoms with Crippen LogP contribution in [0.1, 0.15) is 24.5 Å². The van der Waals surface area contributed by atoms with E-state index in [1.165, 1.54) is 12.8 Å². The van der Waals surface area contributed by atoms with Crippen molar-refractivity contribution in [3.8, 4) is 11.4 Å². The zero-order chi connectivity index (χ0) is 13.6. The van der Waals surface area contributed by atoms with Crippen LogP contribution in [0.25, 0.3) is 11.4 Å². The van der Waals surface area contributed by atoms with E-state index in [1.54, 1.807) is 0 Å². The van der Waals surface area contributed by atoms with Gasteiger partial charge in [0.05, 0.1) is 9.26 Å². The Balaban J connectivity index is 2.17. The lowest BCUT2D eigenvalue weighted by atomic mass is 10.2. The van der Waals surface area contributed by atoms with Gasteiger partial charge in [-0.25, -0.2) is 9.97 Å². The quantitative estimate of drug-likeness (QED) is 0.679. The maximum Gasteiger partial charge on any atom is 0.163 e. The van der Waals surface area contributed by atoms with Gasteiger partial charge in [0.2, 0.25) is 0 Å². The van der Waals surface area contributed by atoms with Crippen molar-refractivity contribution in [2.24, 2.45) is 0 Å². The Morgan fingerprint density at radius 3 is 2.74 bits per heavy atom. The van der Waals surface area contributed by atoms with Crippen LogP contribution in [0.5, 0.6) is 0 Å². The second kappa shape index (κ2) is 5.18. The second-order valence-electron chi connectivity index (χ2n) is 4.53. The number of nitrogens with zero attached hydrogens (tertiary/aromatic N) is 2. The lowest BCUT2D eigenvalue weighted by Gasteiger charge is -2.09. The number of rotatable bonds is 2. The van der Waals surface area contributed by atoms with Gasteiger partial charge >= 0.3 is 0 Å². The molecule has 1 aromatic heterocycles. The second-order valence-corrected chi connectivity index (χ2v) is 6.90. The Hall–Kier alpha value is -0.400. The van der Waals surface area contributed by atoms with Gasteiger partial charge in [-0.15, -0.1) is 0 Å². The van der Waals surface area contributed by atoms with Gasteiger partial charge in [-0.05, 0) is 53.6 Å². The molecular formula is C13H10BrClIN3. The van der Waals surface area contributed by atoms with Crippen LogP contribution in [0.3, 0.4) is 0 Å². The standard InChI is InChI=1S/C13H10BrClIN3/c14-9-4-3-7(15)5-8(9)13-18-11(6-1-2-6)10(16)12(17)19-13/h3-6H,1-2H2,(H2,17,18,19). The van der Waals surface area contributed by atoms with Crippen LogP contribution in [-0.4, -0.2) is 9.97 Å². The highest BCUT2D eigenvalue weighted by atomic mass is 127. The molecule has 1 aliphatic rings. The summed E-state index contributed by atoms with van der Waals surface area (Å²) in [6.07, 6.45) is 2.37.